The highest BCUT2D eigenvalue weighted by Gasteiger charge is 2.36. The molecule has 3 unspecified atom stereocenters. The highest BCUT2D eigenvalue weighted by atomic mass is 16.3. The van der Waals surface area contributed by atoms with E-state index in [1.54, 1.807) is 0 Å². The first kappa shape index (κ1) is 14.5. The summed E-state index contributed by atoms with van der Waals surface area (Å²) in [5.41, 5.74) is -0.350. The van der Waals surface area contributed by atoms with E-state index in [0.29, 0.717) is 5.92 Å². The van der Waals surface area contributed by atoms with Crippen LogP contribution in [0.3, 0.4) is 0 Å². The summed E-state index contributed by atoms with van der Waals surface area (Å²) < 4.78 is 0. The monoisotopic (exact) mass is 241 g/mol. The minimum Gasteiger partial charge on any atom is -0.394 e. The van der Waals surface area contributed by atoms with Crippen molar-refractivity contribution in [1.82, 2.24) is 5.32 Å². The van der Waals surface area contributed by atoms with Gasteiger partial charge in [0.15, 0.2) is 0 Å². The van der Waals surface area contributed by atoms with E-state index in [1.807, 2.05) is 6.92 Å². The fourth-order valence-electron chi connectivity index (χ4n) is 2.91. The lowest BCUT2D eigenvalue weighted by Gasteiger charge is -2.40. The van der Waals surface area contributed by atoms with Gasteiger partial charge in [0.25, 0.3) is 0 Å². The fourth-order valence-corrected chi connectivity index (χ4v) is 2.91. The highest BCUT2D eigenvalue weighted by molar-refractivity contribution is 5.79. The number of hydrogen-bond donors (Lipinski definition) is 2. The summed E-state index contributed by atoms with van der Waals surface area (Å²) in [6.45, 7) is 6.33. The summed E-state index contributed by atoms with van der Waals surface area (Å²) in [5, 5.41) is 12.7. The third-order valence-corrected chi connectivity index (χ3v) is 3.95. The van der Waals surface area contributed by atoms with Crippen molar-refractivity contribution in [2.45, 2.75) is 64.8 Å². The normalized spacial score (nSPS) is 30.9. The van der Waals surface area contributed by atoms with E-state index in [9.17, 15) is 9.90 Å². The number of amides is 1. The molecule has 3 heteroatoms. The Hall–Kier alpha value is -0.570. The molecule has 0 bridgehead atoms. The predicted molar refractivity (Wildman–Crippen MR) is 69.7 cm³/mol. The van der Waals surface area contributed by atoms with Gasteiger partial charge >= 0.3 is 0 Å². The van der Waals surface area contributed by atoms with Crippen molar-refractivity contribution >= 4 is 5.91 Å². The molecule has 1 rings (SSSR count). The van der Waals surface area contributed by atoms with Gasteiger partial charge in [-0.3, -0.25) is 4.79 Å². The van der Waals surface area contributed by atoms with Gasteiger partial charge in [0.1, 0.15) is 0 Å². The van der Waals surface area contributed by atoms with E-state index in [0.717, 1.165) is 32.1 Å². The Morgan fingerprint density at radius 2 is 2.29 bits per heavy atom. The predicted octanol–water partition coefficient (Wildman–Crippen LogP) is 2.48. The molecule has 1 aliphatic rings. The van der Waals surface area contributed by atoms with E-state index in [2.05, 4.69) is 19.2 Å². The number of rotatable bonds is 5. The molecule has 1 fully saturated rings. The summed E-state index contributed by atoms with van der Waals surface area (Å²) in [7, 11) is 0. The summed E-state index contributed by atoms with van der Waals surface area (Å²) in [4.78, 5) is 12.0. The lowest BCUT2D eigenvalue weighted by atomic mass is 9.76. The van der Waals surface area contributed by atoms with Gasteiger partial charge in [0.2, 0.25) is 5.91 Å². The van der Waals surface area contributed by atoms with E-state index >= 15 is 0 Å². The summed E-state index contributed by atoms with van der Waals surface area (Å²) >= 11 is 0. The quantitative estimate of drug-likeness (QED) is 0.777. The van der Waals surface area contributed by atoms with Crippen molar-refractivity contribution in [3.63, 3.8) is 0 Å². The van der Waals surface area contributed by atoms with Gasteiger partial charge in [-0.15, -0.1) is 0 Å². The van der Waals surface area contributed by atoms with E-state index in [1.165, 1.54) is 6.42 Å². The Morgan fingerprint density at radius 3 is 2.82 bits per heavy atom. The van der Waals surface area contributed by atoms with E-state index < -0.39 is 0 Å². The topological polar surface area (TPSA) is 49.3 Å². The SMILES string of the molecule is CCCC(C)C(=O)NC1(CO)CCCC(C)C1. The molecule has 0 aromatic heterocycles. The fraction of sp³-hybridized carbons (Fsp3) is 0.929. The molecule has 0 radical (unpaired) electrons. The number of hydrogen-bond acceptors (Lipinski definition) is 2. The van der Waals surface area contributed by atoms with Crippen molar-refractivity contribution in [3.8, 4) is 0 Å². The van der Waals surface area contributed by atoms with E-state index in [-0.39, 0.29) is 24.0 Å². The van der Waals surface area contributed by atoms with Crippen molar-refractivity contribution in [2.75, 3.05) is 6.61 Å². The number of carbonyl (C=O) groups is 1. The largest absolute Gasteiger partial charge is 0.394 e. The molecular weight excluding hydrogens is 214 g/mol. The third-order valence-electron chi connectivity index (χ3n) is 3.95. The Bertz CT molecular complexity index is 255. The molecule has 3 nitrogen and oxygen atoms in total. The van der Waals surface area contributed by atoms with Crippen LogP contribution in [0.4, 0.5) is 0 Å². The van der Waals surface area contributed by atoms with Gasteiger partial charge in [-0.1, -0.05) is 40.0 Å². The minimum atomic E-state index is -0.350. The van der Waals surface area contributed by atoms with E-state index in [4.69, 9.17) is 0 Å². The molecular formula is C14H27NO2. The van der Waals surface area contributed by atoms with Crippen LogP contribution in [-0.4, -0.2) is 23.2 Å². The average molecular weight is 241 g/mol. The molecule has 0 aromatic carbocycles. The average Bonchev–Trinajstić information content (AvgIpc) is 2.29. The van der Waals surface area contributed by atoms with Gasteiger partial charge in [0, 0.05) is 5.92 Å². The molecule has 100 valence electrons. The number of aliphatic hydroxyl groups excluding tert-OH is 1. The molecule has 17 heavy (non-hydrogen) atoms. The second kappa shape index (κ2) is 6.39. The zero-order chi connectivity index (χ0) is 12.9. The molecule has 0 heterocycles. The first-order valence-corrected chi connectivity index (χ1v) is 6.96. The lowest BCUT2D eigenvalue weighted by molar-refractivity contribution is -0.128. The highest BCUT2D eigenvalue weighted by Crippen LogP contribution is 2.32. The van der Waals surface area contributed by atoms with Crippen LogP contribution < -0.4 is 5.32 Å². The van der Waals surface area contributed by atoms with Crippen LogP contribution in [-0.2, 0) is 4.79 Å². The minimum absolute atomic E-state index is 0.0562. The second-order valence-electron chi connectivity index (χ2n) is 5.82. The maximum absolute atomic E-state index is 12.0. The van der Waals surface area contributed by atoms with Gasteiger partial charge < -0.3 is 10.4 Å². The standard InChI is InChI=1S/C14H27NO2/c1-4-6-12(3)13(17)15-14(10-16)8-5-7-11(2)9-14/h11-12,16H,4-10H2,1-3H3,(H,15,17). The first-order chi connectivity index (χ1) is 8.03. The third kappa shape index (κ3) is 3.98. The van der Waals surface area contributed by atoms with Gasteiger partial charge in [0.05, 0.1) is 12.1 Å². The van der Waals surface area contributed by atoms with Crippen molar-refractivity contribution in [1.29, 1.82) is 0 Å². The van der Waals surface area contributed by atoms with Gasteiger partial charge in [-0.25, -0.2) is 0 Å². The maximum Gasteiger partial charge on any atom is 0.223 e. The zero-order valence-electron chi connectivity index (χ0n) is 11.5. The Balaban J connectivity index is 2.58. The molecule has 0 aromatic rings. The molecule has 0 spiro atoms. The Labute approximate surface area is 105 Å². The Morgan fingerprint density at radius 1 is 1.59 bits per heavy atom. The van der Waals surface area contributed by atoms with Crippen LogP contribution in [0, 0.1) is 11.8 Å². The molecule has 1 saturated carbocycles. The lowest BCUT2D eigenvalue weighted by Crippen LogP contribution is -2.55. The molecule has 2 N–H and O–H groups in total. The molecule has 1 aliphatic carbocycles. The number of nitrogens with one attached hydrogen (secondary N) is 1. The summed E-state index contributed by atoms with van der Waals surface area (Å²) in [6, 6.07) is 0. The van der Waals surface area contributed by atoms with Crippen LogP contribution in [0.1, 0.15) is 59.3 Å². The smallest absolute Gasteiger partial charge is 0.223 e. The van der Waals surface area contributed by atoms with Gasteiger partial charge in [-0.2, -0.15) is 0 Å². The van der Waals surface area contributed by atoms with Crippen molar-refractivity contribution < 1.29 is 9.90 Å². The summed E-state index contributed by atoms with van der Waals surface area (Å²) in [5.74, 6) is 0.758. The van der Waals surface area contributed by atoms with Crippen LogP contribution in [0.5, 0.6) is 0 Å². The number of carbonyl (C=O) groups excluding carboxylic acids is 1. The van der Waals surface area contributed by atoms with Gasteiger partial charge in [-0.05, 0) is 25.2 Å². The van der Waals surface area contributed by atoms with Crippen LogP contribution in [0.2, 0.25) is 0 Å². The van der Waals surface area contributed by atoms with Crippen molar-refractivity contribution in [3.05, 3.63) is 0 Å². The number of aliphatic hydroxyl groups is 1. The molecule has 0 saturated heterocycles. The van der Waals surface area contributed by atoms with Crippen LogP contribution >= 0.6 is 0 Å². The second-order valence-corrected chi connectivity index (χ2v) is 5.82. The Kier molecular flexibility index (Phi) is 5.44. The summed E-state index contributed by atoms with van der Waals surface area (Å²) in [6.07, 6.45) is 6.08. The first-order valence-electron chi connectivity index (χ1n) is 6.96. The molecule has 1 amide bonds. The maximum atomic E-state index is 12.0. The van der Waals surface area contributed by atoms with Crippen LogP contribution in [0.25, 0.3) is 0 Å². The molecule has 3 atom stereocenters. The van der Waals surface area contributed by atoms with Crippen molar-refractivity contribution in [2.24, 2.45) is 11.8 Å². The zero-order valence-corrected chi connectivity index (χ0v) is 11.5. The molecule has 0 aliphatic heterocycles. The van der Waals surface area contributed by atoms with Crippen LogP contribution in [0.15, 0.2) is 0 Å².